The third-order valence-electron chi connectivity index (χ3n) is 3.19. The van der Waals surface area contributed by atoms with Crippen LogP contribution in [-0.2, 0) is 18.5 Å². The first-order valence-electron chi connectivity index (χ1n) is 7.69. The van der Waals surface area contributed by atoms with Crippen molar-refractivity contribution in [2.24, 2.45) is 4.99 Å². The number of aromatic nitrogens is 2. The zero-order valence-electron chi connectivity index (χ0n) is 14.5. The van der Waals surface area contributed by atoms with Crippen molar-refractivity contribution in [2.45, 2.75) is 39.3 Å². The van der Waals surface area contributed by atoms with E-state index in [2.05, 4.69) is 32.6 Å². The average Bonchev–Trinajstić information content (AvgIpc) is 2.97. The third kappa shape index (κ3) is 5.09. The standard InChI is InChI=1S/C17H25N5O/c1-17(2,3)15-20-14(21-23-15)12-19-16(22(4)5)18-11-13-9-7-6-8-10-13/h6-10H,11-12H2,1-5H3,(H,18,19). The van der Waals surface area contributed by atoms with E-state index in [0.717, 1.165) is 5.96 Å². The molecule has 6 nitrogen and oxygen atoms in total. The van der Waals surface area contributed by atoms with Gasteiger partial charge < -0.3 is 14.7 Å². The Morgan fingerprint density at radius 3 is 2.48 bits per heavy atom. The molecule has 0 unspecified atom stereocenters. The molecule has 0 spiro atoms. The Morgan fingerprint density at radius 2 is 1.91 bits per heavy atom. The molecule has 1 aromatic heterocycles. The number of benzene rings is 1. The fourth-order valence-electron chi connectivity index (χ4n) is 1.89. The molecule has 0 bridgehead atoms. The summed E-state index contributed by atoms with van der Waals surface area (Å²) in [6.07, 6.45) is 0. The van der Waals surface area contributed by atoms with Gasteiger partial charge in [0.15, 0.2) is 11.8 Å². The van der Waals surface area contributed by atoms with E-state index in [1.165, 1.54) is 5.56 Å². The van der Waals surface area contributed by atoms with E-state index >= 15 is 0 Å². The Morgan fingerprint density at radius 1 is 1.22 bits per heavy atom. The highest BCUT2D eigenvalue weighted by atomic mass is 16.5. The fourth-order valence-corrected chi connectivity index (χ4v) is 1.89. The maximum absolute atomic E-state index is 5.30. The Bertz CT molecular complexity index is 641. The minimum absolute atomic E-state index is 0.142. The summed E-state index contributed by atoms with van der Waals surface area (Å²) >= 11 is 0. The van der Waals surface area contributed by atoms with Gasteiger partial charge in [-0.25, -0.2) is 4.99 Å². The third-order valence-corrected chi connectivity index (χ3v) is 3.19. The molecule has 0 radical (unpaired) electrons. The van der Waals surface area contributed by atoms with Gasteiger partial charge in [-0.2, -0.15) is 4.98 Å². The molecule has 23 heavy (non-hydrogen) atoms. The summed E-state index contributed by atoms with van der Waals surface area (Å²) in [6.45, 7) is 7.24. The molecule has 0 saturated heterocycles. The molecule has 124 valence electrons. The Kier molecular flexibility index (Phi) is 5.36. The molecular formula is C17H25N5O. The quantitative estimate of drug-likeness (QED) is 0.694. The van der Waals surface area contributed by atoms with Gasteiger partial charge in [0.25, 0.3) is 0 Å². The highest BCUT2D eigenvalue weighted by molar-refractivity contribution is 5.79. The van der Waals surface area contributed by atoms with Crippen LogP contribution in [0.2, 0.25) is 0 Å². The van der Waals surface area contributed by atoms with Gasteiger partial charge in [-0.05, 0) is 5.56 Å². The van der Waals surface area contributed by atoms with E-state index in [1.54, 1.807) is 0 Å². The zero-order chi connectivity index (χ0) is 16.9. The molecule has 0 aliphatic carbocycles. The zero-order valence-corrected chi connectivity index (χ0v) is 14.5. The van der Waals surface area contributed by atoms with Gasteiger partial charge in [0, 0.05) is 19.5 Å². The van der Waals surface area contributed by atoms with E-state index in [9.17, 15) is 0 Å². The van der Waals surface area contributed by atoms with Crippen LogP contribution in [0.5, 0.6) is 0 Å². The van der Waals surface area contributed by atoms with Crippen LogP contribution >= 0.6 is 0 Å². The molecule has 1 N–H and O–H groups in total. The highest BCUT2D eigenvalue weighted by Gasteiger charge is 2.21. The van der Waals surface area contributed by atoms with Gasteiger partial charge in [0.05, 0.1) is 13.1 Å². The summed E-state index contributed by atoms with van der Waals surface area (Å²) in [5.74, 6) is 2.06. The van der Waals surface area contributed by atoms with Crippen molar-refractivity contribution in [3.05, 3.63) is 47.6 Å². The van der Waals surface area contributed by atoms with Crippen LogP contribution in [0.4, 0.5) is 0 Å². The average molecular weight is 315 g/mol. The van der Waals surface area contributed by atoms with Gasteiger partial charge >= 0.3 is 0 Å². The highest BCUT2D eigenvalue weighted by Crippen LogP contribution is 2.19. The lowest BCUT2D eigenvalue weighted by molar-refractivity contribution is 0.318. The molecule has 1 heterocycles. The SMILES string of the molecule is CN(C)C(=NCc1ccccc1)NCc1noc(C(C)(C)C)n1. The normalized spacial score (nSPS) is 12.3. The second-order valence-electron chi connectivity index (χ2n) is 6.64. The number of aliphatic imine (C=N–C) groups is 1. The molecule has 1 aromatic carbocycles. The number of nitrogens with zero attached hydrogens (tertiary/aromatic N) is 4. The summed E-state index contributed by atoms with van der Waals surface area (Å²) in [7, 11) is 3.90. The molecule has 0 amide bonds. The molecule has 0 atom stereocenters. The Hall–Kier alpha value is -2.37. The summed E-state index contributed by atoms with van der Waals surface area (Å²) < 4.78 is 5.30. The molecule has 0 aliphatic rings. The number of hydrogen-bond donors (Lipinski definition) is 1. The minimum Gasteiger partial charge on any atom is -0.349 e. The van der Waals surface area contributed by atoms with Crippen molar-refractivity contribution in [2.75, 3.05) is 14.1 Å². The largest absolute Gasteiger partial charge is 0.349 e. The van der Waals surface area contributed by atoms with Crippen molar-refractivity contribution >= 4 is 5.96 Å². The summed E-state index contributed by atoms with van der Waals surface area (Å²) in [5.41, 5.74) is 1.03. The van der Waals surface area contributed by atoms with Crippen molar-refractivity contribution in [1.29, 1.82) is 0 Å². The fraction of sp³-hybridized carbons (Fsp3) is 0.471. The number of rotatable bonds is 4. The summed E-state index contributed by atoms with van der Waals surface area (Å²) in [4.78, 5) is 11.0. The van der Waals surface area contributed by atoms with Crippen LogP contribution in [0.15, 0.2) is 39.8 Å². The van der Waals surface area contributed by atoms with Crippen LogP contribution in [0, 0.1) is 0 Å². The van der Waals surface area contributed by atoms with Gasteiger partial charge in [-0.1, -0.05) is 56.3 Å². The first kappa shape index (κ1) is 17.0. The van der Waals surface area contributed by atoms with Crippen LogP contribution in [0.1, 0.15) is 38.0 Å². The van der Waals surface area contributed by atoms with E-state index < -0.39 is 0 Å². The molecule has 2 rings (SSSR count). The van der Waals surface area contributed by atoms with Crippen LogP contribution in [0.25, 0.3) is 0 Å². The van der Waals surface area contributed by atoms with Crippen molar-refractivity contribution in [1.82, 2.24) is 20.4 Å². The number of hydrogen-bond acceptors (Lipinski definition) is 4. The van der Waals surface area contributed by atoms with E-state index in [0.29, 0.717) is 24.8 Å². The van der Waals surface area contributed by atoms with Crippen LogP contribution in [-0.4, -0.2) is 35.1 Å². The minimum atomic E-state index is -0.142. The number of nitrogens with one attached hydrogen (secondary N) is 1. The van der Waals surface area contributed by atoms with Gasteiger partial charge in [-0.3, -0.25) is 0 Å². The Labute approximate surface area is 137 Å². The van der Waals surface area contributed by atoms with Gasteiger partial charge in [0.2, 0.25) is 5.89 Å². The monoisotopic (exact) mass is 315 g/mol. The smallest absolute Gasteiger partial charge is 0.232 e. The molecule has 0 fully saturated rings. The lowest BCUT2D eigenvalue weighted by Crippen LogP contribution is -2.36. The second-order valence-corrected chi connectivity index (χ2v) is 6.64. The second kappa shape index (κ2) is 7.26. The molecular weight excluding hydrogens is 290 g/mol. The predicted octanol–water partition coefficient (Wildman–Crippen LogP) is 2.57. The lowest BCUT2D eigenvalue weighted by Gasteiger charge is -2.16. The van der Waals surface area contributed by atoms with Crippen LogP contribution < -0.4 is 5.32 Å². The predicted molar refractivity (Wildman–Crippen MR) is 91.1 cm³/mol. The van der Waals surface area contributed by atoms with Crippen molar-refractivity contribution < 1.29 is 4.52 Å². The number of guanidine groups is 1. The van der Waals surface area contributed by atoms with Gasteiger partial charge in [-0.15, -0.1) is 0 Å². The van der Waals surface area contributed by atoms with Gasteiger partial charge in [0.1, 0.15) is 0 Å². The maximum atomic E-state index is 5.30. The molecule has 0 aliphatic heterocycles. The van der Waals surface area contributed by atoms with Crippen molar-refractivity contribution in [3.8, 4) is 0 Å². The molecule has 2 aromatic rings. The molecule has 0 saturated carbocycles. The van der Waals surface area contributed by atoms with E-state index in [4.69, 9.17) is 4.52 Å². The first-order chi connectivity index (χ1) is 10.9. The molecule has 6 heteroatoms. The van der Waals surface area contributed by atoms with E-state index in [-0.39, 0.29) is 5.41 Å². The first-order valence-corrected chi connectivity index (χ1v) is 7.69. The van der Waals surface area contributed by atoms with E-state index in [1.807, 2.05) is 58.0 Å². The van der Waals surface area contributed by atoms with Crippen LogP contribution in [0.3, 0.4) is 0 Å². The van der Waals surface area contributed by atoms with Crippen molar-refractivity contribution in [3.63, 3.8) is 0 Å². The summed E-state index contributed by atoms with van der Waals surface area (Å²) in [5, 5.41) is 7.27. The summed E-state index contributed by atoms with van der Waals surface area (Å²) in [6, 6.07) is 10.2. The lowest BCUT2D eigenvalue weighted by atomic mass is 9.97. The topological polar surface area (TPSA) is 66.5 Å². The maximum Gasteiger partial charge on any atom is 0.232 e. The Balaban J connectivity index is 1.98.